The van der Waals surface area contributed by atoms with E-state index in [9.17, 15) is 4.79 Å². The van der Waals surface area contributed by atoms with Crippen LogP contribution < -0.4 is 15.2 Å². The Hall–Kier alpha value is -1.75. The Morgan fingerprint density at radius 2 is 2.00 bits per heavy atom. The number of nitrogens with two attached hydrogens (primary N) is 1. The van der Waals surface area contributed by atoms with Crippen molar-refractivity contribution >= 4 is 5.97 Å². The molecular weight excluding hydrogens is 246 g/mol. The van der Waals surface area contributed by atoms with Crippen LogP contribution in [0, 0.1) is 6.92 Å². The first-order chi connectivity index (χ1) is 9.08. The van der Waals surface area contributed by atoms with Gasteiger partial charge in [-0.2, -0.15) is 0 Å². The summed E-state index contributed by atoms with van der Waals surface area (Å²) in [5.74, 6) is 0.607. The number of carboxylic acid groups (broad SMARTS) is 1. The molecule has 19 heavy (non-hydrogen) atoms. The van der Waals surface area contributed by atoms with Crippen molar-refractivity contribution in [2.24, 2.45) is 5.73 Å². The van der Waals surface area contributed by atoms with Gasteiger partial charge >= 0.3 is 5.97 Å². The van der Waals surface area contributed by atoms with E-state index in [2.05, 4.69) is 0 Å². The number of carboxylic acids is 1. The van der Waals surface area contributed by atoms with E-state index in [1.165, 1.54) is 0 Å². The van der Waals surface area contributed by atoms with Gasteiger partial charge in [0, 0.05) is 18.9 Å². The second-order valence-electron chi connectivity index (χ2n) is 4.74. The Bertz CT molecular complexity index is 473. The van der Waals surface area contributed by atoms with Crippen LogP contribution in [0.2, 0.25) is 0 Å². The van der Waals surface area contributed by atoms with Crippen LogP contribution in [-0.4, -0.2) is 24.3 Å². The second-order valence-corrected chi connectivity index (χ2v) is 4.74. The van der Waals surface area contributed by atoms with E-state index in [1.54, 1.807) is 0 Å². The van der Waals surface area contributed by atoms with Crippen LogP contribution in [0.3, 0.4) is 0 Å². The number of aliphatic carboxylic acids is 1. The lowest BCUT2D eigenvalue weighted by Gasteiger charge is -2.17. The van der Waals surface area contributed by atoms with E-state index >= 15 is 0 Å². The van der Waals surface area contributed by atoms with Crippen LogP contribution in [0.25, 0.3) is 0 Å². The predicted octanol–water partition coefficient (Wildman–Crippen LogP) is 2.02. The van der Waals surface area contributed by atoms with Crippen LogP contribution in [0.5, 0.6) is 11.5 Å². The Balaban J connectivity index is 2.20. The summed E-state index contributed by atoms with van der Waals surface area (Å²) in [6.45, 7) is 3.22. The molecule has 1 aliphatic heterocycles. The number of ether oxygens (including phenoxy) is 2. The third-order valence-corrected chi connectivity index (χ3v) is 3.20. The van der Waals surface area contributed by atoms with Crippen molar-refractivity contribution in [2.75, 3.05) is 13.2 Å². The molecule has 1 unspecified atom stereocenters. The molecule has 1 aromatic rings. The smallest absolute Gasteiger partial charge is 0.303 e. The maximum Gasteiger partial charge on any atom is 0.303 e. The fourth-order valence-electron chi connectivity index (χ4n) is 2.16. The minimum atomic E-state index is -0.831. The summed E-state index contributed by atoms with van der Waals surface area (Å²) in [7, 11) is 0. The molecule has 1 aromatic carbocycles. The van der Waals surface area contributed by atoms with Gasteiger partial charge in [-0.15, -0.1) is 0 Å². The highest BCUT2D eigenvalue weighted by Crippen LogP contribution is 2.35. The molecule has 104 valence electrons. The number of rotatable bonds is 4. The van der Waals surface area contributed by atoms with Gasteiger partial charge in [0.2, 0.25) is 0 Å². The second kappa shape index (κ2) is 5.93. The van der Waals surface area contributed by atoms with Gasteiger partial charge in [-0.1, -0.05) is 0 Å². The zero-order chi connectivity index (χ0) is 13.8. The number of hydrogen-bond acceptors (Lipinski definition) is 4. The first-order valence-corrected chi connectivity index (χ1v) is 6.45. The molecule has 5 heteroatoms. The van der Waals surface area contributed by atoms with Crippen molar-refractivity contribution in [3.8, 4) is 11.5 Å². The van der Waals surface area contributed by atoms with Crippen molar-refractivity contribution in [3.63, 3.8) is 0 Å². The van der Waals surface area contributed by atoms with Crippen molar-refractivity contribution in [3.05, 3.63) is 23.3 Å². The standard InChI is InChI=1S/C14H19NO4/c1-9-7-12-13(19-6-2-5-18-12)8-10(9)11(15)3-4-14(16)17/h7-8,11H,2-6,15H2,1H3,(H,16,17). The zero-order valence-electron chi connectivity index (χ0n) is 11.0. The lowest BCUT2D eigenvalue weighted by atomic mass is 9.97. The maximum absolute atomic E-state index is 10.6. The third-order valence-electron chi connectivity index (χ3n) is 3.20. The molecule has 5 nitrogen and oxygen atoms in total. The van der Waals surface area contributed by atoms with Crippen LogP contribution in [0.15, 0.2) is 12.1 Å². The molecule has 0 aliphatic carbocycles. The first kappa shape index (κ1) is 13.7. The van der Waals surface area contributed by atoms with E-state index in [0.717, 1.165) is 23.3 Å². The Morgan fingerprint density at radius 1 is 1.37 bits per heavy atom. The monoisotopic (exact) mass is 265 g/mol. The van der Waals surface area contributed by atoms with Crippen LogP contribution in [0.1, 0.15) is 36.4 Å². The largest absolute Gasteiger partial charge is 0.490 e. The van der Waals surface area contributed by atoms with Gasteiger partial charge in [-0.05, 0) is 36.6 Å². The van der Waals surface area contributed by atoms with Crippen molar-refractivity contribution in [1.82, 2.24) is 0 Å². The highest BCUT2D eigenvalue weighted by Gasteiger charge is 2.17. The van der Waals surface area contributed by atoms with Gasteiger partial charge in [0.15, 0.2) is 11.5 Å². The SMILES string of the molecule is Cc1cc2c(cc1C(N)CCC(=O)O)OCCCO2. The lowest BCUT2D eigenvalue weighted by molar-refractivity contribution is -0.137. The summed E-state index contributed by atoms with van der Waals surface area (Å²) >= 11 is 0. The molecule has 1 atom stereocenters. The van der Waals surface area contributed by atoms with Gasteiger partial charge in [-0.3, -0.25) is 4.79 Å². The quantitative estimate of drug-likeness (QED) is 0.870. The molecule has 0 radical (unpaired) electrons. The van der Waals surface area contributed by atoms with E-state index < -0.39 is 5.97 Å². The topological polar surface area (TPSA) is 81.8 Å². The van der Waals surface area contributed by atoms with E-state index in [0.29, 0.717) is 25.4 Å². The van der Waals surface area contributed by atoms with Crippen molar-refractivity contribution in [2.45, 2.75) is 32.2 Å². The molecular formula is C14H19NO4. The molecule has 0 bridgehead atoms. The molecule has 1 heterocycles. The Labute approximate surface area is 112 Å². The average molecular weight is 265 g/mol. The minimum Gasteiger partial charge on any atom is -0.490 e. The molecule has 0 fully saturated rings. The van der Waals surface area contributed by atoms with Crippen LogP contribution in [0.4, 0.5) is 0 Å². The minimum absolute atomic E-state index is 0.0645. The summed E-state index contributed by atoms with van der Waals surface area (Å²) in [4.78, 5) is 10.6. The maximum atomic E-state index is 10.6. The van der Waals surface area contributed by atoms with Gasteiger partial charge in [0.1, 0.15) is 0 Å². The number of fused-ring (bicyclic) bond motifs is 1. The molecule has 3 N–H and O–H groups in total. The highest BCUT2D eigenvalue weighted by molar-refractivity contribution is 5.66. The summed E-state index contributed by atoms with van der Waals surface area (Å²) in [5, 5.41) is 8.71. The van der Waals surface area contributed by atoms with E-state index in [1.807, 2.05) is 19.1 Å². The molecule has 0 amide bonds. The first-order valence-electron chi connectivity index (χ1n) is 6.45. The predicted molar refractivity (Wildman–Crippen MR) is 70.6 cm³/mol. The molecule has 2 rings (SSSR count). The van der Waals surface area contributed by atoms with E-state index in [-0.39, 0.29) is 12.5 Å². The summed E-state index contributed by atoms with van der Waals surface area (Å²) in [5.41, 5.74) is 7.98. The lowest BCUT2D eigenvalue weighted by Crippen LogP contribution is -2.14. The number of aryl methyl sites for hydroxylation is 1. The fourth-order valence-corrected chi connectivity index (χ4v) is 2.16. The number of hydrogen-bond donors (Lipinski definition) is 2. The Kier molecular flexibility index (Phi) is 4.27. The molecule has 0 aromatic heterocycles. The van der Waals surface area contributed by atoms with E-state index in [4.69, 9.17) is 20.3 Å². The number of carbonyl (C=O) groups is 1. The third kappa shape index (κ3) is 3.38. The highest BCUT2D eigenvalue weighted by atomic mass is 16.5. The molecule has 0 saturated carbocycles. The van der Waals surface area contributed by atoms with Gasteiger partial charge in [-0.25, -0.2) is 0 Å². The zero-order valence-corrected chi connectivity index (χ0v) is 11.0. The molecule has 1 aliphatic rings. The Morgan fingerprint density at radius 3 is 2.63 bits per heavy atom. The fraction of sp³-hybridized carbons (Fsp3) is 0.500. The van der Waals surface area contributed by atoms with Gasteiger partial charge in [0.05, 0.1) is 13.2 Å². The average Bonchev–Trinajstić information content (AvgIpc) is 2.59. The van der Waals surface area contributed by atoms with Crippen molar-refractivity contribution in [1.29, 1.82) is 0 Å². The van der Waals surface area contributed by atoms with Gasteiger partial charge < -0.3 is 20.3 Å². The van der Waals surface area contributed by atoms with Crippen LogP contribution >= 0.6 is 0 Å². The summed E-state index contributed by atoms with van der Waals surface area (Å²) < 4.78 is 11.2. The normalized spacial score (nSPS) is 15.7. The summed E-state index contributed by atoms with van der Waals surface area (Å²) in [6, 6.07) is 3.49. The van der Waals surface area contributed by atoms with Crippen LogP contribution in [-0.2, 0) is 4.79 Å². The molecule has 0 spiro atoms. The van der Waals surface area contributed by atoms with Crippen molar-refractivity contribution < 1.29 is 19.4 Å². The summed E-state index contributed by atoms with van der Waals surface area (Å²) in [6.07, 6.45) is 1.33. The molecule has 0 saturated heterocycles. The number of benzene rings is 1. The van der Waals surface area contributed by atoms with Gasteiger partial charge in [0.25, 0.3) is 0 Å².